The Labute approximate surface area is 111 Å². The highest BCUT2D eigenvalue weighted by Gasteiger charge is 2.48. The van der Waals surface area contributed by atoms with Crippen molar-refractivity contribution in [1.82, 2.24) is 0 Å². The van der Waals surface area contributed by atoms with Gasteiger partial charge in [0.15, 0.2) is 0 Å². The van der Waals surface area contributed by atoms with Crippen molar-refractivity contribution in [1.29, 1.82) is 10.5 Å². The Morgan fingerprint density at radius 3 is 1.42 bits per heavy atom. The molecule has 0 spiro atoms. The first-order valence-electron chi connectivity index (χ1n) is 5.94. The highest BCUT2D eigenvalue weighted by molar-refractivity contribution is 5.45. The monoisotopic (exact) mass is 246 g/mol. The fourth-order valence-corrected chi connectivity index (χ4v) is 2.20. The van der Waals surface area contributed by atoms with Gasteiger partial charge in [0.05, 0.1) is 29.9 Å². The molecule has 19 heavy (non-hydrogen) atoms. The average molecular weight is 246 g/mol. The molecule has 0 aliphatic carbocycles. The van der Waals surface area contributed by atoms with Gasteiger partial charge >= 0.3 is 0 Å². The zero-order valence-corrected chi connectivity index (χ0v) is 10.1. The molecule has 0 aromatic heterocycles. The Morgan fingerprint density at radius 1 is 0.789 bits per heavy atom. The summed E-state index contributed by atoms with van der Waals surface area (Å²) in [6, 6.07) is 19.1. The van der Waals surface area contributed by atoms with E-state index >= 15 is 0 Å². The Bertz CT molecular complexity index is 624. The summed E-state index contributed by atoms with van der Waals surface area (Å²) in [4.78, 5) is 0. The molecule has 2 aromatic carbocycles. The standard InChI is InChI=1S/C16H10N2O/c17-9-12-1-5-14(6-2-12)16(11-19-16)15-7-3-13(10-18)4-8-15/h1-8H,11H2. The van der Waals surface area contributed by atoms with Crippen molar-refractivity contribution in [3.8, 4) is 12.1 Å². The predicted octanol–water partition coefficient (Wildman–Crippen LogP) is 2.70. The topological polar surface area (TPSA) is 60.1 Å². The van der Waals surface area contributed by atoms with Gasteiger partial charge in [-0.15, -0.1) is 0 Å². The van der Waals surface area contributed by atoms with Gasteiger partial charge in [-0.1, -0.05) is 24.3 Å². The van der Waals surface area contributed by atoms with Gasteiger partial charge in [0, 0.05) is 0 Å². The lowest BCUT2D eigenvalue weighted by atomic mass is 9.91. The van der Waals surface area contributed by atoms with Gasteiger partial charge in [-0.25, -0.2) is 0 Å². The number of nitriles is 2. The summed E-state index contributed by atoms with van der Waals surface area (Å²) in [6.45, 7) is 0.630. The zero-order chi connectivity index (χ0) is 13.3. The molecule has 0 amide bonds. The van der Waals surface area contributed by atoms with Crippen molar-refractivity contribution in [2.75, 3.05) is 6.61 Å². The molecule has 0 atom stereocenters. The van der Waals surface area contributed by atoms with Crippen LogP contribution in [0.25, 0.3) is 0 Å². The largest absolute Gasteiger partial charge is 0.359 e. The fourth-order valence-electron chi connectivity index (χ4n) is 2.20. The van der Waals surface area contributed by atoms with Gasteiger partial charge in [-0.3, -0.25) is 0 Å². The minimum Gasteiger partial charge on any atom is -0.359 e. The van der Waals surface area contributed by atoms with E-state index in [0.29, 0.717) is 17.7 Å². The van der Waals surface area contributed by atoms with E-state index in [-0.39, 0.29) is 0 Å². The molecule has 0 saturated carbocycles. The Morgan fingerprint density at radius 2 is 1.16 bits per heavy atom. The number of nitrogens with zero attached hydrogens (tertiary/aromatic N) is 2. The maximum absolute atomic E-state index is 8.81. The van der Waals surface area contributed by atoms with E-state index < -0.39 is 5.60 Å². The van der Waals surface area contributed by atoms with Crippen LogP contribution in [0.15, 0.2) is 48.5 Å². The third-order valence-corrected chi connectivity index (χ3v) is 3.39. The third kappa shape index (κ3) is 1.87. The number of hydrogen-bond donors (Lipinski definition) is 0. The van der Waals surface area contributed by atoms with E-state index in [0.717, 1.165) is 11.1 Å². The lowest BCUT2D eigenvalue weighted by molar-refractivity contribution is 0.349. The maximum atomic E-state index is 8.81. The Kier molecular flexibility index (Phi) is 2.56. The molecule has 1 heterocycles. The van der Waals surface area contributed by atoms with Crippen LogP contribution in [0.2, 0.25) is 0 Å². The van der Waals surface area contributed by atoms with Crippen LogP contribution >= 0.6 is 0 Å². The molecule has 2 aromatic rings. The molecule has 0 N–H and O–H groups in total. The van der Waals surface area contributed by atoms with Gasteiger partial charge < -0.3 is 4.74 Å². The van der Waals surface area contributed by atoms with Crippen LogP contribution < -0.4 is 0 Å². The molecule has 1 fully saturated rings. The second-order valence-electron chi connectivity index (χ2n) is 4.49. The Hall–Kier alpha value is -2.62. The van der Waals surface area contributed by atoms with E-state index in [9.17, 15) is 0 Å². The second kappa shape index (κ2) is 4.24. The van der Waals surface area contributed by atoms with Crippen molar-refractivity contribution in [3.05, 3.63) is 70.8 Å². The first-order chi connectivity index (χ1) is 9.28. The van der Waals surface area contributed by atoms with Gasteiger partial charge in [0.25, 0.3) is 0 Å². The fraction of sp³-hybridized carbons (Fsp3) is 0.125. The molecule has 90 valence electrons. The quantitative estimate of drug-likeness (QED) is 0.765. The van der Waals surface area contributed by atoms with Crippen LogP contribution in [0.5, 0.6) is 0 Å². The molecule has 3 rings (SSSR count). The van der Waals surface area contributed by atoms with Crippen LogP contribution in [0.1, 0.15) is 22.3 Å². The number of epoxide rings is 1. The average Bonchev–Trinajstić information content (AvgIpc) is 3.29. The molecule has 1 saturated heterocycles. The highest BCUT2D eigenvalue weighted by Crippen LogP contribution is 2.45. The van der Waals surface area contributed by atoms with E-state index in [4.69, 9.17) is 15.3 Å². The molecule has 3 nitrogen and oxygen atoms in total. The molecular weight excluding hydrogens is 236 g/mol. The predicted molar refractivity (Wildman–Crippen MR) is 69.0 cm³/mol. The molecule has 0 radical (unpaired) electrons. The van der Waals surface area contributed by atoms with E-state index in [1.165, 1.54) is 0 Å². The van der Waals surface area contributed by atoms with Crippen LogP contribution in [0.4, 0.5) is 0 Å². The normalized spacial score (nSPS) is 15.3. The molecule has 1 aliphatic rings. The lowest BCUT2D eigenvalue weighted by Crippen LogP contribution is -2.10. The number of benzene rings is 2. The summed E-state index contributed by atoms with van der Waals surface area (Å²) in [6.07, 6.45) is 0. The summed E-state index contributed by atoms with van der Waals surface area (Å²) >= 11 is 0. The Balaban J connectivity index is 1.98. The first kappa shape index (κ1) is 11.5. The molecule has 3 heteroatoms. The molecule has 0 unspecified atom stereocenters. The van der Waals surface area contributed by atoms with Crippen molar-refractivity contribution < 1.29 is 4.74 Å². The molecule has 1 aliphatic heterocycles. The van der Waals surface area contributed by atoms with E-state index in [2.05, 4.69) is 12.1 Å². The second-order valence-corrected chi connectivity index (χ2v) is 4.49. The number of hydrogen-bond acceptors (Lipinski definition) is 3. The summed E-state index contributed by atoms with van der Waals surface area (Å²) in [5.74, 6) is 0. The number of rotatable bonds is 2. The van der Waals surface area contributed by atoms with Gasteiger partial charge in [0.1, 0.15) is 5.60 Å². The smallest absolute Gasteiger partial charge is 0.142 e. The van der Waals surface area contributed by atoms with Crippen LogP contribution in [0, 0.1) is 22.7 Å². The van der Waals surface area contributed by atoms with Gasteiger partial charge in [-0.05, 0) is 35.4 Å². The van der Waals surface area contributed by atoms with Crippen molar-refractivity contribution in [2.45, 2.75) is 5.60 Å². The van der Waals surface area contributed by atoms with Gasteiger partial charge in [-0.2, -0.15) is 10.5 Å². The van der Waals surface area contributed by atoms with Crippen LogP contribution in [-0.4, -0.2) is 6.61 Å². The van der Waals surface area contributed by atoms with Crippen molar-refractivity contribution >= 4 is 0 Å². The van der Waals surface area contributed by atoms with Gasteiger partial charge in [0.2, 0.25) is 0 Å². The summed E-state index contributed by atoms with van der Waals surface area (Å²) in [5, 5.41) is 17.6. The maximum Gasteiger partial charge on any atom is 0.142 e. The van der Waals surface area contributed by atoms with Crippen molar-refractivity contribution in [3.63, 3.8) is 0 Å². The van der Waals surface area contributed by atoms with Crippen molar-refractivity contribution in [2.24, 2.45) is 0 Å². The van der Waals surface area contributed by atoms with E-state index in [1.54, 1.807) is 24.3 Å². The SMILES string of the molecule is N#Cc1ccc(C2(c3ccc(C#N)cc3)CO2)cc1. The zero-order valence-electron chi connectivity index (χ0n) is 10.1. The van der Waals surface area contributed by atoms with E-state index in [1.807, 2.05) is 24.3 Å². The third-order valence-electron chi connectivity index (χ3n) is 3.39. The number of ether oxygens (including phenoxy) is 1. The lowest BCUT2D eigenvalue weighted by Gasteiger charge is -2.12. The molecule has 0 bridgehead atoms. The first-order valence-corrected chi connectivity index (χ1v) is 5.94. The molecular formula is C16H10N2O. The van der Waals surface area contributed by atoms with Crippen LogP contribution in [0.3, 0.4) is 0 Å². The minimum absolute atomic E-state index is 0.401. The summed E-state index contributed by atoms with van der Waals surface area (Å²) in [7, 11) is 0. The highest BCUT2D eigenvalue weighted by atomic mass is 16.6. The summed E-state index contributed by atoms with van der Waals surface area (Å²) in [5.41, 5.74) is 2.95. The summed E-state index contributed by atoms with van der Waals surface area (Å²) < 4.78 is 5.65. The minimum atomic E-state index is -0.401. The van der Waals surface area contributed by atoms with Crippen LogP contribution in [-0.2, 0) is 10.3 Å².